The molecule has 0 radical (unpaired) electrons. The predicted octanol–water partition coefficient (Wildman–Crippen LogP) is 4.01. The molecule has 0 amide bonds. The number of carbonyl (C=O) groups is 1. The van der Waals surface area contributed by atoms with E-state index in [0.29, 0.717) is 17.9 Å². The van der Waals surface area contributed by atoms with Crippen LogP contribution >= 0.6 is 15.9 Å². The lowest BCUT2D eigenvalue weighted by atomic mass is 9.70. The second-order valence-electron chi connectivity index (χ2n) is 5.83. The van der Waals surface area contributed by atoms with E-state index in [1.165, 1.54) is 0 Å². The van der Waals surface area contributed by atoms with Crippen LogP contribution in [0.4, 0.5) is 0 Å². The van der Waals surface area contributed by atoms with Gasteiger partial charge in [0.25, 0.3) is 0 Å². The van der Waals surface area contributed by atoms with Crippen molar-refractivity contribution in [2.75, 3.05) is 6.61 Å². The molecule has 0 saturated carbocycles. The Morgan fingerprint density at radius 1 is 1.24 bits per heavy atom. The van der Waals surface area contributed by atoms with Crippen LogP contribution in [0.15, 0.2) is 47.2 Å². The summed E-state index contributed by atoms with van der Waals surface area (Å²) in [6, 6.07) is 9.49. The van der Waals surface area contributed by atoms with Gasteiger partial charge in [-0.15, -0.1) is 0 Å². The lowest BCUT2D eigenvalue weighted by Gasteiger charge is -2.36. The fourth-order valence-electron chi connectivity index (χ4n) is 2.78. The van der Waals surface area contributed by atoms with Gasteiger partial charge >= 0.3 is 0 Å². The Kier molecular flexibility index (Phi) is 3.57. The monoisotopic (exact) mass is 345 g/mol. The van der Waals surface area contributed by atoms with E-state index in [1.54, 1.807) is 12.4 Å². The van der Waals surface area contributed by atoms with Gasteiger partial charge < -0.3 is 4.74 Å². The summed E-state index contributed by atoms with van der Waals surface area (Å²) in [6.07, 6.45) is 3.52. The Labute approximate surface area is 132 Å². The Morgan fingerprint density at radius 3 is 2.67 bits per heavy atom. The normalized spacial score (nSPS) is 18.0. The molecular weight excluding hydrogens is 330 g/mol. The largest absolute Gasteiger partial charge is 0.492 e. The Bertz CT molecular complexity index is 682. The third-order valence-electron chi connectivity index (χ3n) is 4.22. The van der Waals surface area contributed by atoms with Gasteiger partial charge in [-0.2, -0.15) is 0 Å². The molecule has 1 aliphatic rings. The lowest BCUT2D eigenvalue weighted by molar-refractivity contribution is 0.0737. The molecule has 2 heterocycles. The number of benzene rings is 1. The fourth-order valence-corrected chi connectivity index (χ4v) is 3.14. The van der Waals surface area contributed by atoms with E-state index >= 15 is 0 Å². The summed E-state index contributed by atoms with van der Waals surface area (Å²) >= 11 is 3.42. The van der Waals surface area contributed by atoms with Gasteiger partial charge in [0, 0.05) is 22.3 Å². The van der Waals surface area contributed by atoms with Crippen LogP contribution in [-0.2, 0) is 5.41 Å². The first-order valence-corrected chi connectivity index (χ1v) is 7.66. The van der Waals surface area contributed by atoms with Crippen LogP contribution in [0.2, 0.25) is 0 Å². The van der Waals surface area contributed by atoms with E-state index in [1.807, 2.05) is 30.3 Å². The maximum atomic E-state index is 12.9. The number of fused-ring (bicyclic) bond motifs is 1. The minimum Gasteiger partial charge on any atom is -0.492 e. The van der Waals surface area contributed by atoms with Crippen molar-refractivity contribution < 1.29 is 9.53 Å². The van der Waals surface area contributed by atoms with E-state index in [0.717, 1.165) is 10.0 Å². The predicted molar refractivity (Wildman–Crippen MR) is 84.7 cm³/mol. The van der Waals surface area contributed by atoms with Crippen LogP contribution in [0.25, 0.3) is 0 Å². The molecular formula is C17H16BrNO2. The summed E-state index contributed by atoms with van der Waals surface area (Å²) in [4.78, 5) is 16.9. The Morgan fingerprint density at radius 2 is 1.95 bits per heavy atom. The Balaban J connectivity index is 2.00. The quantitative estimate of drug-likeness (QED) is 0.825. The lowest BCUT2D eigenvalue weighted by Crippen LogP contribution is -2.41. The molecule has 1 atom stereocenters. The highest BCUT2D eigenvalue weighted by Crippen LogP contribution is 2.39. The number of carbonyl (C=O) groups excluding carboxylic acids is 1. The van der Waals surface area contributed by atoms with Crippen molar-refractivity contribution >= 4 is 21.7 Å². The molecule has 3 rings (SSSR count). The zero-order valence-electron chi connectivity index (χ0n) is 12.0. The number of hydrogen-bond acceptors (Lipinski definition) is 3. The highest BCUT2D eigenvalue weighted by Gasteiger charge is 2.41. The number of rotatable bonds is 2. The topological polar surface area (TPSA) is 39.2 Å². The van der Waals surface area contributed by atoms with E-state index in [-0.39, 0.29) is 17.1 Å². The second kappa shape index (κ2) is 5.26. The minimum absolute atomic E-state index is 0.138. The highest BCUT2D eigenvalue weighted by atomic mass is 79.9. The smallest absolute Gasteiger partial charge is 0.173 e. The van der Waals surface area contributed by atoms with Crippen molar-refractivity contribution in [3.05, 3.63) is 58.3 Å². The van der Waals surface area contributed by atoms with E-state index in [9.17, 15) is 4.79 Å². The average Bonchev–Trinajstić information content (AvgIpc) is 2.49. The van der Waals surface area contributed by atoms with Crippen LogP contribution < -0.4 is 4.74 Å². The van der Waals surface area contributed by atoms with Gasteiger partial charge in [-0.1, -0.05) is 29.8 Å². The number of ether oxygens (including phenoxy) is 1. The van der Waals surface area contributed by atoms with Crippen molar-refractivity contribution in [1.29, 1.82) is 0 Å². The minimum atomic E-state index is -0.306. The maximum Gasteiger partial charge on any atom is 0.173 e. The van der Waals surface area contributed by atoms with Crippen molar-refractivity contribution in [2.24, 2.45) is 5.92 Å². The van der Waals surface area contributed by atoms with E-state index < -0.39 is 0 Å². The number of aromatic nitrogens is 1. The highest BCUT2D eigenvalue weighted by molar-refractivity contribution is 9.10. The third-order valence-corrected chi connectivity index (χ3v) is 4.72. The molecule has 1 aromatic heterocycles. The number of nitrogens with zero attached hydrogens (tertiary/aromatic N) is 1. The van der Waals surface area contributed by atoms with Crippen molar-refractivity contribution in [3.8, 4) is 5.75 Å². The van der Waals surface area contributed by atoms with Crippen LogP contribution in [0.3, 0.4) is 0 Å². The van der Waals surface area contributed by atoms with Gasteiger partial charge in [0.05, 0.1) is 18.1 Å². The summed E-state index contributed by atoms with van der Waals surface area (Å²) in [7, 11) is 0. The summed E-state index contributed by atoms with van der Waals surface area (Å²) in [6.45, 7) is 4.57. The SMILES string of the molecule is CC(C)(c1ccncc1)C1COc2ccc(Br)cc2C1=O. The van der Waals surface area contributed by atoms with Gasteiger partial charge in [-0.05, 0) is 35.9 Å². The molecule has 0 bridgehead atoms. The van der Waals surface area contributed by atoms with Gasteiger partial charge in [-0.3, -0.25) is 9.78 Å². The zero-order chi connectivity index (χ0) is 15.0. The van der Waals surface area contributed by atoms with Crippen LogP contribution in [0.1, 0.15) is 29.8 Å². The van der Waals surface area contributed by atoms with E-state index in [4.69, 9.17) is 4.74 Å². The molecule has 0 aliphatic carbocycles. The molecule has 0 saturated heterocycles. The first kappa shape index (κ1) is 14.3. The number of halogens is 1. The molecule has 1 aromatic carbocycles. The molecule has 108 valence electrons. The second-order valence-corrected chi connectivity index (χ2v) is 6.74. The molecule has 4 heteroatoms. The van der Waals surface area contributed by atoms with Gasteiger partial charge in [-0.25, -0.2) is 0 Å². The summed E-state index contributed by atoms with van der Waals surface area (Å²) < 4.78 is 6.70. The zero-order valence-corrected chi connectivity index (χ0v) is 13.6. The molecule has 0 N–H and O–H groups in total. The summed E-state index contributed by atoms with van der Waals surface area (Å²) in [5, 5.41) is 0. The number of Topliss-reactive ketones (excluding diaryl/α,β-unsaturated/α-hetero) is 1. The Hall–Kier alpha value is -1.68. The summed E-state index contributed by atoms with van der Waals surface area (Å²) in [5.41, 5.74) is 1.45. The van der Waals surface area contributed by atoms with Crippen LogP contribution in [0, 0.1) is 5.92 Å². The molecule has 0 spiro atoms. The first-order chi connectivity index (χ1) is 10.00. The van der Waals surface area contributed by atoms with Crippen molar-refractivity contribution in [2.45, 2.75) is 19.3 Å². The standard InChI is InChI=1S/C17H16BrNO2/c1-17(2,11-5-7-19-8-6-11)14-10-21-15-4-3-12(18)9-13(15)16(14)20/h3-9,14H,10H2,1-2H3. The van der Waals surface area contributed by atoms with Crippen LogP contribution in [-0.4, -0.2) is 17.4 Å². The summed E-state index contributed by atoms with van der Waals surface area (Å²) in [5.74, 6) is 0.603. The molecule has 3 nitrogen and oxygen atoms in total. The van der Waals surface area contributed by atoms with Crippen molar-refractivity contribution in [3.63, 3.8) is 0 Å². The van der Waals surface area contributed by atoms with E-state index in [2.05, 4.69) is 34.8 Å². The number of pyridine rings is 1. The van der Waals surface area contributed by atoms with Crippen molar-refractivity contribution in [1.82, 2.24) is 4.98 Å². The molecule has 2 aromatic rings. The van der Waals surface area contributed by atoms with Gasteiger partial charge in [0.1, 0.15) is 5.75 Å². The maximum absolute atomic E-state index is 12.9. The number of ketones is 1. The van der Waals surface area contributed by atoms with Gasteiger partial charge in [0.2, 0.25) is 0 Å². The molecule has 0 fully saturated rings. The first-order valence-electron chi connectivity index (χ1n) is 6.87. The number of hydrogen-bond donors (Lipinski definition) is 0. The fraction of sp³-hybridized carbons (Fsp3) is 0.294. The molecule has 1 aliphatic heterocycles. The van der Waals surface area contributed by atoms with Crippen LogP contribution in [0.5, 0.6) is 5.75 Å². The molecule has 1 unspecified atom stereocenters. The average molecular weight is 346 g/mol. The molecule has 21 heavy (non-hydrogen) atoms. The van der Waals surface area contributed by atoms with Gasteiger partial charge in [0.15, 0.2) is 5.78 Å². The third kappa shape index (κ3) is 2.48.